The maximum absolute atomic E-state index is 13.7. The van der Waals surface area contributed by atoms with E-state index in [1.165, 1.54) is 17.8 Å². The van der Waals surface area contributed by atoms with Crippen molar-refractivity contribution in [1.82, 2.24) is 0 Å². The first-order chi connectivity index (χ1) is 10.5. The molecule has 22 heavy (non-hydrogen) atoms. The molecule has 2 aromatic carbocycles. The Balaban J connectivity index is 1.91. The molecule has 2 nitrogen and oxygen atoms in total. The van der Waals surface area contributed by atoms with Crippen LogP contribution >= 0.6 is 27.7 Å². The summed E-state index contributed by atoms with van der Waals surface area (Å²) in [5.41, 5.74) is 2.49. The van der Waals surface area contributed by atoms with Gasteiger partial charge in [0.1, 0.15) is 5.82 Å². The Bertz CT molecular complexity index is 677. The topological polar surface area (TPSA) is 29.1 Å². The van der Waals surface area contributed by atoms with E-state index in [0.717, 1.165) is 15.7 Å². The minimum absolute atomic E-state index is 0.0755. The standard InChI is InChI=1S/C17H17BrFNOS/c1-11-7-8-16(14(18)9-11)20-17(21)10-22-12(2)13-5-3-4-6-15(13)19/h3-9,12H,10H2,1-2H3,(H,20,21). The average Bonchev–Trinajstić information content (AvgIpc) is 2.48. The molecule has 0 aliphatic heterocycles. The molecule has 1 unspecified atom stereocenters. The summed E-state index contributed by atoms with van der Waals surface area (Å²) in [7, 11) is 0. The van der Waals surface area contributed by atoms with Crippen LogP contribution < -0.4 is 5.32 Å². The summed E-state index contributed by atoms with van der Waals surface area (Å²) in [6.07, 6.45) is 0. The van der Waals surface area contributed by atoms with Crippen molar-refractivity contribution in [1.29, 1.82) is 0 Å². The molecule has 5 heteroatoms. The third-order valence-electron chi connectivity index (χ3n) is 3.21. The smallest absolute Gasteiger partial charge is 0.234 e. The predicted octanol–water partition coefficient (Wildman–Crippen LogP) is 5.33. The molecular weight excluding hydrogens is 365 g/mol. The van der Waals surface area contributed by atoms with E-state index in [-0.39, 0.29) is 22.7 Å². The Labute approximate surface area is 142 Å². The van der Waals surface area contributed by atoms with Gasteiger partial charge in [0.15, 0.2) is 0 Å². The van der Waals surface area contributed by atoms with Gasteiger partial charge >= 0.3 is 0 Å². The van der Waals surface area contributed by atoms with Crippen molar-refractivity contribution in [2.24, 2.45) is 0 Å². The second kappa shape index (κ2) is 7.79. The van der Waals surface area contributed by atoms with Crippen LogP contribution in [0.15, 0.2) is 46.9 Å². The van der Waals surface area contributed by atoms with Crippen LogP contribution in [0.2, 0.25) is 0 Å². The lowest BCUT2D eigenvalue weighted by atomic mass is 10.1. The van der Waals surface area contributed by atoms with Crippen LogP contribution in [0.1, 0.15) is 23.3 Å². The number of halogens is 2. The molecule has 0 saturated carbocycles. The van der Waals surface area contributed by atoms with Crippen LogP contribution in [-0.4, -0.2) is 11.7 Å². The van der Waals surface area contributed by atoms with Crippen LogP contribution in [-0.2, 0) is 4.79 Å². The van der Waals surface area contributed by atoms with Gasteiger partial charge in [0.2, 0.25) is 5.91 Å². The van der Waals surface area contributed by atoms with E-state index < -0.39 is 0 Å². The highest BCUT2D eigenvalue weighted by atomic mass is 79.9. The van der Waals surface area contributed by atoms with Gasteiger partial charge < -0.3 is 5.32 Å². The molecule has 0 fully saturated rings. The van der Waals surface area contributed by atoms with Gasteiger partial charge in [0.05, 0.1) is 11.4 Å². The van der Waals surface area contributed by atoms with E-state index in [9.17, 15) is 9.18 Å². The zero-order valence-corrected chi connectivity index (χ0v) is 14.8. The fraction of sp³-hybridized carbons (Fsp3) is 0.235. The molecule has 0 saturated heterocycles. The molecule has 116 valence electrons. The van der Waals surface area contributed by atoms with E-state index in [4.69, 9.17) is 0 Å². The summed E-state index contributed by atoms with van der Waals surface area (Å²) in [5.74, 6) is -0.0579. The van der Waals surface area contributed by atoms with Crippen LogP contribution in [0.5, 0.6) is 0 Å². The lowest BCUT2D eigenvalue weighted by Gasteiger charge is -2.13. The average molecular weight is 382 g/mol. The number of nitrogens with one attached hydrogen (secondary N) is 1. The van der Waals surface area contributed by atoms with Crippen molar-refractivity contribution in [3.8, 4) is 0 Å². The molecule has 1 atom stereocenters. The summed E-state index contributed by atoms with van der Waals surface area (Å²) in [4.78, 5) is 12.0. The quantitative estimate of drug-likeness (QED) is 0.757. The molecule has 0 bridgehead atoms. The summed E-state index contributed by atoms with van der Waals surface area (Å²) in [6.45, 7) is 3.89. The van der Waals surface area contributed by atoms with E-state index in [1.54, 1.807) is 18.2 Å². The summed E-state index contributed by atoms with van der Waals surface area (Å²) in [5, 5.41) is 2.78. The SMILES string of the molecule is Cc1ccc(NC(=O)CSC(C)c2ccccc2F)c(Br)c1. The molecule has 1 N–H and O–H groups in total. The maximum Gasteiger partial charge on any atom is 0.234 e. The third kappa shape index (κ3) is 4.58. The fourth-order valence-electron chi connectivity index (χ4n) is 2.00. The highest BCUT2D eigenvalue weighted by molar-refractivity contribution is 9.10. The monoisotopic (exact) mass is 381 g/mol. The summed E-state index contributed by atoms with van der Waals surface area (Å²) >= 11 is 4.84. The number of carbonyl (C=O) groups excluding carboxylic acids is 1. The fourth-order valence-corrected chi connectivity index (χ4v) is 3.44. The van der Waals surface area contributed by atoms with Crippen molar-refractivity contribution in [2.45, 2.75) is 19.1 Å². The highest BCUT2D eigenvalue weighted by Crippen LogP contribution is 2.30. The molecule has 0 aliphatic carbocycles. The zero-order chi connectivity index (χ0) is 16.1. The van der Waals surface area contributed by atoms with Gasteiger partial charge in [-0.1, -0.05) is 24.3 Å². The van der Waals surface area contributed by atoms with Crippen LogP contribution in [0, 0.1) is 12.7 Å². The van der Waals surface area contributed by atoms with Crippen LogP contribution in [0.25, 0.3) is 0 Å². The van der Waals surface area contributed by atoms with Gasteiger partial charge in [-0.15, -0.1) is 11.8 Å². The number of anilines is 1. The molecule has 0 spiro atoms. The van der Waals surface area contributed by atoms with Crippen molar-refractivity contribution in [2.75, 3.05) is 11.1 Å². The number of hydrogen-bond acceptors (Lipinski definition) is 2. The Morgan fingerprint density at radius 2 is 2.05 bits per heavy atom. The molecule has 2 rings (SSSR count). The molecular formula is C17H17BrFNOS. The van der Waals surface area contributed by atoms with E-state index in [0.29, 0.717) is 5.56 Å². The van der Waals surface area contributed by atoms with Crippen molar-refractivity contribution < 1.29 is 9.18 Å². The Kier molecular flexibility index (Phi) is 6.03. The number of rotatable bonds is 5. The van der Waals surface area contributed by atoms with Crippen molar-refractivity contribution in [3.05, 3.63) is 63.9 Å². The van der Waals surface area contributed by atoms with Gasteiger partial charge in [-0.25, -0.2) is 4.39 Å². The zero-order valence-electron chi connectivity index (χ0n) is 12.4. The number of hydrogen-bond donors (Lipinski definition) is 1. The second-order valence-electron chi connectivity index (χ2n) is 5.01. The van der Waals surface area contributed by atoms with E-state index >= 15 is 0 Å². The van der Waals surface area contributed by atoms with E-state index in [2.05, 4.69) is 21.2 Å². The van der Waals surface area contributed by atoms with Crippen molar-refractivity contribution in [3.63, 3.8) is 0 Å². The maximum atomic E-state index is 13.7. The highest BCUT2D eigenvalue weighted by Gasteiger charge is 2.13. The van der Waals surface area contributed by atoms with Gasteiger partial charge in [-0.2, -0.15) is 0 Å². The minimum atomic E-state index is -0.232. The van der Waals surface area contributed by atoms with Gasteiger partial charge in [0.25, 0.3) is 0 Å². The number of amides is 1. The molecule has 0 radical (unpaired) electrons. The molecule has 0 aromatic heterocycles. The summed E-state index contributed by atoms with van der Waals surface area (Å²) in [6, 6.07) is 12.4. The van der Waals surface area contributed by atoms with Crippen LogP contribution in [0.3, 0.4) is 0 Å². The Hall–Kier alpha value is -1.33. The molecule has 2 aromatic rings. The third-order valence-corrected chi connectivity index (χ3v) is 5.05. The largest absolute Gasteiger partial charge is 0.324 e. The second-order valence-corrected chi connectivity index (χ2v) is 7.19. The van der Waals surface area contributed by atoms with E-state index in [1.807, 2.05) is 32.0 Å². The number of benzene rings is 2. The first-order valence-corrected chi connectivity index (χ1v) is 8.73. The number of carbonyl (C=O) groups is 1. The van der Waals surface area contributed by atoms with Gasteiger partial charge in [-0.3, -0.25) is 4.79 Å². The molecule has 0 heterocycles. The lowest BCUT2D eigenvalue weighted by Crippen LogP contribution is -2.15. The van der Waals surface area contributed by atoms with Gasteiger partial charge in [0, 0.05) is 15.3 Å². The van der Waals surface area contributed by atoms with Gasteiger partial charge in [-0.05, 0) is 53.5 Å². The first-order valence-electron chi connectivity index (χ1n) is 6.89. The minimum Gasteiger partial charge on any atom is -0.324 e. The first kappa shape index (κ1) is 17.0. The Morgan fingerprint density at radius 1 is 1.32 bits per heavy atom. The molecule has 1 amide bonds. The summed E-state index contributed by atoms with van der Waals surface area (Å²) < 4.78 is 14.5. The lowest BCUT2D eigenvalue weighted by molar-refractivity contribution is -0.113. The Morgan fingerprint density at radius 3 is 2.73 bits per heavy atom. The number of thioether (sulfide) groups is 1. The molecule has 0 aliphatic rings. The number of aryl methyl sites for hydroxylation is 1. The van der Waals surface area contributed by atoms with Crippen LogP contribution in [0.4, 0.5) is 10.1 Å². The predicted molar refractivity (Wildman–Crippen MR) is 94.8 cm³/mol. The van der Waals surface area contributed by atoms with Crippen molar-refractivity contribution >= 4 is 39.3 Å². The normalized spacial score (nSPS) is 12.0.